The third-order valence-electron chi connectivity index (χ3n) is 21.0. The quantitative estimate of drug-likeness (QED) is 0.148. The first-order valence-corrected chi connectivity index (χ1v) is 33.7. The van der Waals surface area contributed by atoms with Crippen molar-refractivity contribution in [2.75, 3.05) is 10.2 Å². The van der Waals surface area contributed by atoms with Crippen LogP contribution in [-0.4, -0.2) is 8.80 Å². The largest absolute Gasteiger partial charge is 0.454 e. The number of rotatable bonds is 10. The normalized spacial score (nSPS) is 12.2. The third-order valence-corrected chi connectivity index (χ3v) is 21.0. The number of para-hydroxylation sites is 5. The van der Waals surface area contributed by atoms with E-state index in [2.05, 4.69) is 342 Å². The van der Waals surface area contributed by atoms with Crippen molar-refractivity contribution in [3.63, 3.8) is 0 Å². The lowest BCUT2D eigenvalue weighted by molar-refractivity contribution is 0.669. The molecule has 0 spiro atoms. The van der Waals surface area contributed by atoms with Gasteiger partial charge in [-0.2, -0.15) is 0 Å². The van der Waals surface area contributed by atoms with E-state index in [9.17, 15) is 0 Å². The van der Waals surface area contributed by atoms with E-state index in [1.54, 1.807) is 0 Å². The Balaban J connectivity index is 0.866. The predicted molar refractivity (Wildman–Crippen MR) is 411 cm³/mol. The van der Waals surface area contributed by atoms with Gasteiger partial charge in [-0.1, -0.05) is 255 Å². The fourth-order valence-corrected chi connectivity index (χ4v) is 16.6. The van der Waals surface area contributed by atoms with Gasteiger partial charge < -0.3 is 27.9 Å². The van der Waals surface area contributed by atoms with Crippen LogP contribution >= 0.6 is 0 Å². The zero-order valence-electron chi connectivity index (χ0n) is 53.6. The average molecular weight is 1250 g/mol. The molecule has 0 saturated heterocycles. The Hall–Kier alpha value is -12.9. The molecular weight excluding hydrogens is 1190 g/mol. The molecular formula is C92H58N4O2. The second kappa shape index (κ2) is 20.8. The highest BCUT2D eigenvalue weighted by Crippen LogP contribution is 2.56. The highest BCUT2D eigenvalue weighted by atomic mass is 16.3. The van der Waals surface area contributed by atoms with Crippen LogP contribution in [0.25, 0.3) is 176 Å². The second-order valence-electron chi connectivity index (χ2n) is 26.4. The van der Waals surface area contributed by atoms with Crippen LogP contribution in [0.1, 0.15) is 11.1 Å². The first-order chi connectivity index (χ1) is 48.5. The number of hydrogen-bond donors (Lipinski definition) is 1. The number of aryl methyl sites for hydroxylation is 2. The van der Waals surface area contributed by atoms with Gasteiger partial charge in [0.05, 0.1) is 44.5 Å². The summed E-state index contributed by atoms with van der Waals surface area (Å²) in [5, 5.41) is 18.0. The fourth-order valence-electron chi connectivity index (χ4n) is 16.6. The lowest BCUT2D eigenvalue weighted by Gasteiger charge is -2.28. The zero-order valence-corrected chi connectivity index (χ0v) is 53.6. The van der Waals surface area contributed by atoms with Gasteiger partial charge in [0.2, 0.25) is 0 Å². The Morgan fingerprint density at radius 3 is 1.37 bits per heavy atom. The molecule has 6 heterocycles. The van der Waals surface area contributed by atoms with Crippen molar-refractivity contribution in [1.82, 2.24) is 8.80 Å². The minimum absolute atomic E-state index is 0.821. The van der Waals surface area contributed by atoms with Crippen LogP contribution in [0.4, 0.5) is 28.4 Å². The molecule has 0 fully saturated rings. The molecule has 0 aliphatic rings. The monoisotopic (exact) mass is 1250 g/mol. The van der Waals surface area contributed by atoms with Gasteiger partial charge in [-0.15, -0.1) is 0 Å². The van der Waals surface area contributed by atoms with Gasteiger partial charge >= 0.3 is 0 Å². The average Bonchev–Trinajstić information content (AvgIpc) is 1.49. The molecule has 15 aromatic carbocycles. The van der Waals surface area contributed by atoms with Gasteiger partial charge in [0.1, 0.15) is 11.2 Å². The van der Waals surface area contributed by atoms with Crippen LogP contribution < -0.4 is 10.2 Å². The van der Waals surface area contributed by atoms with E-state index < -0.39 is 0 Å². The van der Waals surface area contributed by atoms with Crippen LogP contribution in [0, 0.1) is 13.8 Å². The number of nitrogens with one attached hydrogen (secondary N) is 1. The number of aromatic nitrogens is 2. The van der Waals surface area contributed by atoms with Gasteiger partial charge in [0.15, 0.2) is 11.2 Å². The molecule has 6 heteroatoms. The number of furan rings is 2. The van der Waals surface area contributed by atoms with Crippen molar-refractivity contribution < 1.29 is 8.83 Å². The summed E-state index contributed by atoms with van der Waals surface area (Å²) in [4.78, 5) is 2.44. The summed E-state index contributed by atoms with van der Waals surface area (Å²) in [6, 6.07) is 113. The van der Waals surface area contributed by atoms with Gasteiger partial charge in [-0.3, -0.25) is 0 Å². The molecule has 0 unspecified atom stereocenters. The number of fused-ring (bicyclic) bond motifs is 18. The van der Waals surface area contributed by atoms with Gasteiger partial charge in [-0.05, 0) is 119 Å². The van der Waals surface area contributed by atoms with Crippen LogP contribution in [0.15, 0.2) is 318 Å². The topological polar surface area (TPSA) is 50.4 Å². The molecule has 98 heavy (non-hydrogen) atoms. The Morgan fingerprint density at radius 2 is 0.755 bits per heavy atom. The van der Waals surface area contributed by atoms with Crippen molar-refractivity contribution >= 4 is 149 Å². The number of hydrogen-bond acceptors (Lipinski definition) is 4. The Kier molecular flexibility index (Phi) is 11.6. The first kappa shape index (κ1) is 54.5. The molecule has 21 rings (SSSR count). The van der Waals surface area contributed by atoms with Crippen molar-refractivity contribution in [1.29, 1.82) is 0 Å². The van der Waals surface area contributed by atoms with E-state index in [4.69, 9.17) is 8.83 Å². The van der Waals surface area contributed by atoms with Crippen LogP contribution in [0.2, 0.25) is 0 Å². The smallest absolute Gasteiger partial charge is 0.159 e. The number of anilines is 5. The Bertz CT molecular complexity index is 6840. The summed E-state index contributed by atoms with van der Waals surface area (Å²) in [6.07, 6.45) is 0. The molecule has 6 nitrogen and oxygen atoms in total. The summed E-state index contributed by atoms with van der Waals surface area (Å²) < 4.78 is 19.2. The molecule has 0 aliphatic carbocycles. The number of nitrogens with zero attached hydrogens (tertiary/aromatic N) is 3. The second-order valence-corrected chi connectivity index (χ2v) is 26.4. The maximum Gasteiger partial charge on any atom is 0.159 e. The molecule has 0 radical (unpaired) electrons. The molecule has 458 valence electrons. The lowest BCUT2D eigenvalue weighted by Crippen LogP contribution is -2.12. The number of benzene rings is 15. The molecule has 21 aromatic rings. The molecule has 6 aromatic heterocycles. The maximum absolute atomic E-state index is 6.98. The molecule has 0 bridgehead atoms. The Morgan fingerprint density at radius 1 is 0.296 bits per heavy atom. The first-order valence-electron chi connectivity index (χ1n) is 33.7. The highest BCUT2D eigenvalue weighted by Gasteiger charge is 2.32. The minimum Gasteiger partial charge on any atom is -0.454 e. The maximum atomic E-state index is 6.98. The van der Waals surface area contributed by atoms with Crippen molar-refractivity contribution in [3.05, 3.63) is 321 Å². The van der Waals surface area contributed by atoms with Gasteiger partial charge in [0.25, 0.3) is 0 Å². The standard InChI is InChI=1S/C92H58N4O2/c1-54-40-42-60(56-22-7-3-8-23-56)50-75(54)93-86-64(48-49-72-68-31-16-18-39-81(68)98-92(72)86)62-44-46-65-69-32-19-35-73-84-83(59-28-13-6-14-29-59)90-85(82(58-26-11-5-12-27-58)89(84)95(87(69)73)78(65)52-62)74-36-20-33-70-66-47-45-63(53-79(66)96(90)88(70)74)94(77-51-61(43-41-55(77)2)57-24-9-4-10-25-57)76-37-21-34-71-67-30-15-17-38-80(67)97-91(71)76/h3-53,93H,1-2H3. The van der Waals surface area contributed by atoms with E-state index in [0.717, 1.165) is 139 Å². The third kappa shape index (κ3) is 7.79. The van der Waals surface area contributed by atoms with Crippen molar-refractivity contribution in [3.8, 4) is 55.6 Å². The van der Waals surface area contributed by atoms with Crippen LogP contribution in [0.5, 0.6) is 0 Å². The van der Waals surface area contributed by atoms with E-state index in [0.29, 0.717) is 0 Å². The van der Waals surface area contributed by atoms with E-state index in [-0.39, 0.29) is 0 Å². The minimum atomic E-state index is 0.821. The van der Waals surface area contributed by atoms with Crippen molar-refractivity contribution in [2.45, 2.75) is 13.8 Å². The fraction of sp³-hybridized carbons (Fsp3) is 0.0217. The Labute approximate surface area is 563 Å². The molecule has 0 aliphatic heterocycles. The summed E-state index contributed by atoms with van der Waals surface area (Å²) >= 11 is 0. The van der Waals surface area contributed by atoms with E-state index in [1.807, 2.05) is 0 Å². The SMILES string of the molecule is Cc1ccc(-c2ccccc2)cc1Nc1c(-c2ccc3c4cccc5c6c(-c7ccccc7)c7c(c(-c8ccccc8)c6n(c3c2)c45)c2cccc3c4ccc(N(c5cc(-c6ccccc6)ccc5C)c5cccc6c5oc5ccccc56)cc4n7c32)ccc2c1oc1ccccc12. The van der Waals surface area contributed by atoms with Crippen LogP contribution in [0.3, 0.4) is 0 Å². The highest BCUT2D eigenvalue weighted by molar-refractivity contribution is 6.38. The lowest BCUT2D eigenvalue weighted by atomic mass is 9.89. The van der Waals surface area contributed by atoms with Crippen molar-refractivity contribution in [2.24, 2.45) is 0 Å². The summed E-state index contributed by atoms with van der Waals surface area (Å²) in [7, 11) is 0. The van der Waals surface area contributed by atoms with Crippen LogP contribution in [-0.2, 0) is 0 Å². The molecule has 1 N–H and O–H groups in total. The molecule has 0 saturated carbocycles. The van der Waals surface area contributed by atoms with Gasteiger partial charge in [-0.25, -0.2) is 0 Å². The summed E-state index contributed by atoms with van der Waals surface area (Å²) in [5.41, 5.74) is 29.1. The van der Waals surface area contributed by atoms with E-state index in [1.165, 1.54) is 76.3 Å². The molecule has 0 amide bonds. The molecule has 0 atom stereocenters. The van der Waals surface area contributed by atoms with E-state index >= 15 is 0 Å². The van der Waals surface area contributed by atoms with Gasteiger partial charge in [0, 0.05) is 98.4 Å². The zero-order chi connectivity index (χ0) is 64.4. The summed E-state index contributed by atoms with van der Waals surface area (Å²) in [5.74, 6) is 0. The predicted octanol–water partition coefficient (Wildman–Crippen LogP) is 26.0. The summed E-state index contributed by atoms with van der Waals surface area (Å²) in [6.45, 7) is 4.41.